The summed E-state index contributed by atoms with van der Waals surface area (Å²) in [4.78, 5) is 13.2. The van der Waals surface area contributed by atoms with Crippen LogP contribution in [0, 0.1) is 5.82 Å². The van der Waals surface area contributed by atoms with Gasteiger partial charge in [-0.2, -0.15) is 0 Å². The lowest BCUT2D eigenvalue weighted by Crippen LogP contribution is -2.48. The summed E-state index contributed by atoms with van der Waals surface area (Å²) in [5.41, 5.74) is 0.588. The van der Waals surface area contributed by atoms with Crippen molar-refractivity contribution in [3.8, 4) is 0 Å². The molecule has 1 amide bonds. The summed E-state index contributed by atoms with van der Waals surface area (Å²) >= 11 is 0. The maximum Gasteiger partial charge on any atom is 0.220 e. The van der Waals surface area contributed by atoms with E-state index >= 15 is 0 Å². The van der Waals surface area contributed by atoms with Crippen LogP contribution >= 0.6 is 0 Å². The molecule has 1 atom stereocenters. The monoisotopic (exact) mass is 222 g/mol. The Bertz CT molecular complexity index is 394. The zero-order valence-electron chi connectivity index (χ0n) is 9.24. The van der Waals surface area contributed by atoms with E-state index in [0.29, 0.717) is 18.7 Å². The Morgan fingerprint density at radius 2 is 2.25 bits per heavy atom. The Labute approximate surface area is 94.3 Å². The van der Waals surface area contributed by atoms with Crippen molar-refractivity contribution >= 4 is 5.91 Å². The van der Waals surface area contributed by atoms with Crippen LogP contribution in [0.4, 0.5) is 4.39 Å². The number of rotatable bonds is 1. The molecule has 1 aliphatic rings. The molecule has 4 heteroatoms. The van der Waals surface area contributed by atoms with Gasteiger partial charge >= 0.3 is 0 Å². The van der Waals surface area contributed by atoms with E-state index in [1.807, 2.05) is 0 Å². The first-order valence-corrected chi connectivity index (χ1v) is 5.42. The van der Waals surface area contributed by atoms with E-state index in [1.165, 1.54) is 13.0 Å². The second-order valence-electron chi connectivity index (χ2n) is 3.95. The molecular weight excluding hydrogens is 207 g/mol. The smallest absolute Gasteiger partial charge is 0.220 e. The molecule has 86 valence electrons. The average Bonchev–Trinajstić information content (AvgIpc) is 2.29. The van der Waals surface area contributed by atoms with Crippen molar-refractivity contribution in [1.29, 1.82) is 0 Å². The highest BCUT2D eigenvalue weighted by atomic mass is 19.1. The highest BCUT2D eigenvalue weighted by Gasteiger charge is 2.27. The second kappa shape index (κ2) is 4.61. The summed E-state index contributed by atoms with van der Waals surface area (Å²) in [5.74, 6) is -0.253. The molecule has 1 fully saturated rings. The molecule has 0 aliphatic carbocycles. The van der Waals surface area contributed by atoms with Gasteiger partial charge < -0.3 is 10.2 Å². The fourth-order valence-electron chi connectivity index (χ4n) is 2.10. The summed E-state index contributed by atoms with van der Waals surface area (Å²) in [6, 6.07) is 6.44. The van der Waals surface area contributed by atoms with Crippen LogP contribution in [0.3, 0.4) is 0 Å². The van der Waals surface area contributed by atoms with Gasteiger partial charge in [-0.1, -0.05) is 18.2 Å². The predicted molar refractivity (Wildman–Crippen MR) is 59.4 cm³/mol. The summed E-state index contributed by atoms with van der Waals surface area (Å²) in [6.07, 6.45) is 0. The molecule has 0 bridgehead atoms. The lowest BCUT2D eigenvalue weighted by Gasteiger charge is -2.36. The van der Waals surface area contributed by atoms with Crippen LogP contribution < -0.4 is 5.32 Å². The molecule has 0 spiro atoms. The van der Waals surface area contributed by atoms with E-state index in [2.05, 4.69) is 5.32 Å². The van der Waals surface area contributed by atoms with Gasteiger partial charge in [-0.25, -0.2) is 4.39 Å². The largest absolute Gasteiger partial charge is 0.333 e. The van der Waals surface area contributed by atoms with E-state index in [-0.39, 0.29) is 17.8 Å². The van der Waals surface area contributed by atoms with Crippen molar-refractivity contribution in [2.24, 2.45) is 0 Å². The summed E-state index contributed by atoms with van der Waals surface area (Å²) in [6.45, 7) is 3.54. The maximum absolute atomic E-state index is 13.6. The van der Waals surface area contributed by atoms with Crippen molar-refractivity contribution in [2.45, 2.75) is 13.0 Å². The molecule has 1 aliphatic heterocycles. The van der Waals surface area contributed by atoms with Crippen molar-refractivity contribution in [3.63, 3.8) is 0 Å². The Kier molecular flexibility index (Phi) is 3.19. The van der Waals surface area contributed by atoms with Gasteiger partial charge in [-0.05, 0) is 6.07 Å². The molecule has 0 unspecified atom stereocenters. The minimum Gasteiger partial charge on any atom is -0.333 e. The molecule has 3 nitrogen and oxygen atoms in total. The Balaban J connectivity index is 2.30. The van der Waals surface area contributed by atoms with Crippen molar-refractivity contribution in [2.75, 3.05) is 19.6 Å². The van der Waals surface area contributed by atoms with Crippen molar-refractivity contribution in [3.05, 3.63) is 35.6 Å². The normalized spacial score (nSPS) is 20.9. The molecule has 2 rings (SSSR count). The summed E-state index contributed by atoms with van der Waals surface area (Å²) in [5, 5.41) is 3.18. The van der Waals surface area contributed by atoms with E-state index < -0.39 is 0 Å². The molecule has 0 radical (unpaired) electrons. The van der Waals surface area contributed by atoms with Crippen LogP contribution in [0.25, 0.3) is 0 Å². The van der Waals surface area contributed by atoms with Crippen LogP contribution in [0.1, 0.15) is 18.5 Å². The van der Waals surface area contributed by atoms with Crippen LogP contribution in [-0.4, -0.2) is 30.4 Å². The first kappa shape index (κ1) is 11.1. The number of piperazine rings is 1. The van der Waals surface area contributed by atoms with E-state index in [9.17, 15) is 9.18 Å². The molecule has 0 aromatic heterocycles. The fourth-order valence-corrected chi connectivity index (χ4v) is 2.10. The number of benzene rings is 1. The van der Waals surface area contributed by atoms with Crippen LogP contribution in [0.2, 0.25) is 0 Å². The first-order valence-electron chi connectivity index (χ1n) is 5.42. The number of amides is 1. The number of hydrogen-bond donors (Lipinski definition) is 1. The van der Waals surface area contributed by atoms with Crippen molar-refractivity contribution in [1.82, 2.24) is 10.2 Å². The standard InChI is InChI=1S/C12H15FN2O/c1-9(16)15-7-6-14-8-12(15)10-4-2-3-5-11(10)13/h2-5,12,14H,6-8H2,1H3/t12-/m1/s1. The number of hydrogen-bond acceptors (Lipinski definition) is 2. The SMILES string of the molecule is CC(=O)N1CCNC[C@@H]1c1ccccc1F. The van der Waals surface area contributed by atoms with Gasteiger partial charge in [0.25, 0.3) is 0 Å². The molecule has 1 aromatic carbocycles. The molecule has 0 saturated carbocycles. The lowest BCUT2D eigenvalue weighted by atomic mass is 10.0. The highest BCUT2D eigenvalue weighted by Crippen LogP contribution is 2.24. The fraction of sp³-hybridized carbons (Fsp3) is 0.417. The van der Waals surface area contributed by atoms with Crippen LogP contribution in [0.5, 0.6) is 0 Å². The summed E-state index contributed by atoms with van der Waals surface area (Å²) in [7, 11) is 0. The van der Waals surface area contributed by atoms with E-state index in [4.69, 9.17) is 0 Å². The quantitative estimate of drug-likeness (QED) is 0.777. The van der Waals surface area contributed by atoms with Gasteiger partial charge in [-0.15, -0.1) is 0 Å². The maximum atomic E-state index is 13.6. The van der Waals surface area contributed by atoms with E-state index in [0.717, 1.165) is 6.54 Å². The Hall–Kier alpha value is -1.42. The molecule has 16 heavy (non-hydrogen) atoms. The van der Waals surface area contributed by atoms with Gasteiger partial charge in [0.15, 0.2) is 0 Å². The number of nitrogens with one attached hydrogen (secondary N) is 1. The van der Waals surface area contributed by atoms with Gasteiger partial charge in [0.05, 0.1) is 6.04 Å². The third kappa shape index (κ3) is 2.07. The Morgan fingerprint density at radius 3 is 2.94 bits per heavy atom. The van der Waals surface area contributed by atoms with E-state index in [1.54, 1.807) is 23.1 Å². The number of carbonyl (C=O) groups excluding carboxylic acids is 1. The second-order valence-corrected chi connectivity index (χ2v) is 3.95. The third-order valence-corrected chi connectivity index (χ3v) is 2.91. The number of halogens is 1. The first-order chi connectivity index (χ1) is 7.70. The van der Waals surface area contributed by atoms with Gasteiger partial charge in [0.2, 0.25) is 5.91 Å². The minimum atomic E-state index is -0.248. The van der Waals surface area contributed by atoms with Crippen LogP contribution in [0.15, 0.2) is 24.3 Å². The van der Waals surface area contributed by atoms with Gasteiger partial charge in [0.1, 0.15) is 5.82 Å². The molecule has 1 heterocycles. The molecule has 1 saturated heterocycles. The highest BCUT2D eigenvalue weighted by molar-refractivity contribution is 5.74. The molecular formula is C12H15FN2O. The topological polar surface area (TPSA) is 32.3 Å². The molecule has 1 aromatic rings. The zero-order chi connectivity index (χ0) is 11.5. The zero-order valence-corrected chi connectivity index (χ0v) is 9.24. The van der Waals surface area contributed by atoms with Crippen molar-refractivity contribution < 1.29 is 9.18 Å². The third-order valence-electron chi connectivity index (χ3n) is 2.91. The number of nitrogens with zero attached hydrogens (tertiary/aromatic N) is 1. The molecule has 1 N–H and O–H groups in total. The summed E-state index contributed by atoms with van der Waals surface area (Å²) < 4.78 is 13.6. The predicted octanol–water partition coefficient (Wildman–Crippen LogP) is 1.32. The van der Waals surface area contributed by atoms with Gasteiger partial charge in [0, 0.05) is 32.1 Å². The number of carbonyl (C=O) groups is 1. The Morgan fingerprint density at radius 1 is 1.50 bits per heavy atom. The van der Waals surface area contributed by atoms with Gasteiger partial charge in [-0.3, -0.25) is 4.79 Å². The lowest BCUT2D eigenvalue weighted by molar-refractivity contribution is -0.132. The van der Waals surface area contributed by atoms with Crippen LogP contribution in [-0.2, 0) is 4.79 Å². The minimum absolute atomic E-state index is 0.00486. The average molecular weight is 222 g/mol.